The van der Waals surface area contributed by atoms with Crippen LogP contribution in [0.15, 0.2) is 60.7 Å². The second-order valence-electron chi connectivity index (χ2n) is 4.61. The molecule has 104 valence electrons. The van der Waals surface area contributed by atoms with Crippen LogP contribution >= 0.6 is 0 Å². The van der Waals surface area contributed by atoms with Crippen molar-refractivity contribution in [3.63, 3.8) is 0 Å². The fourth-order valence-electron chi connectivity index (χ4n) is 1.97. The zero-order valence-corrected chi connectivity index (χ0v) is 11.2. The molecule has 0 radical (unpaired) electrons. The van der Waals surface area contributed by atoms with E-state index in [0.717, 1.165) is 11.3 Å². The van der Waals surface area contributed by atoms with Gasteiger partial charge in [0.25, 0.3) is 5.91 Å². The molecule has 1 heterocycles. The van der Waals surface area contributed by atoms with E-state index in [1.807, 2.05) is 30.3 Å². The van der Waals surface area contributed by atoms with Gasteiger partial charge in [0.2, 0.25) is 0 Å². The van der Waals surface area contributed by atoms with Crippen LogP contribution in [0, 0.1) is 0 Å². The van der Waals surface area contributed by atoms with E-state index in [4.69, 9.17) is 5.73 Å². The van der Waals surface area contributed by atoms with Crippen molar-refractivity contribution in [2.45, 2.75) is 0 Å². The first-order valence-electron chi connectivity index (χ1n) is 6.50. The van der Waals surface area contributed by atoms with Crippen LogP contribution in [0.2, 0.25) is 0 Å². The first-order valence-corrected chi connectivity index (χ1v) is 6.50. The van der Waals surface area contributed by atoms with Crippen molar-refractivity contribution in [2.24, 2.45) is 0 Å². The number of nitrogens with two attached hydrogens (primary N) is 1. The molecule has 4 N–H and O–H groups in total. The Morgan fingerprint density at radius 3 is 2.48 bits per heavy atom. The quantitative estimate of drug-likeness (QED) is 0.644. The number of benzene rings is 2. The number of nitrogens with one attached hydrogen (secondary N) is 2. The van der Waals surface area contributed by atoms with Crippen molar-refractivity contribution in [3.05, 3.63) is 66.2 Å². The lowest BCUT2D eigenvalue weighted by Gasteiger charge is -2.01. The first-order chi connectivity index (χ1) is 10.2. The molecule has 0 bridgehead atoms. The molecule has 0 spiro atoms. The Balaban J connectivity index is 1.75. The smallest absolute Gasteiger partial charge is 0.256 e. The largest absolute Gasteiger partial charge is 0.399 e. The number of aromatic amines is 1. The zero-order chi connectivity index (χ0) is 14.7. The Hall–Kier alpha value is -3.08. The summed E-state index contributed by atoms with van der Waals surface area (Å²) in [5, 5.41) is 9.74. The van der Waals surface area contributed by atoms with Crippen molar-refractivity contribution < 1.29 is 4.79 Å². The summed E-state index contributed by atoms with van der Waals surface area (Å²) >= 11 is 0. The Labute approximate surface area is 121 Å². The number of nitrogen functional groups attached to an aromatic ring is 1. The highest BCUT2D eigenvalue weighted by Gasteiger charge is 2.09. The summed E-state index contributed by atoms with van der Waals surface area (Å²) in [4.78, 5) is 12.1. The van der Waals surface area contributed by atoms with Crippen LogP contribution in [0.5, 0.6) is 0 Å². The minimum Gasteiger partial charge on any atom is -0.399 e. The predicted molar refractivity (Wildman–Crippen MR) is 82.8 cm³/mol. The van der Waals surface area contributed by atoms with Gasteiger partial charge in [0.05, 0.1) is 5.69 Å². The molecule has 21 heavy (non-hydrogen) atoms. The third-order valence-electron chi connectivity index (χ3n) is 3.08. The molecule has 0 aliphatic carbocycles. The Morgan fingerprint density at radius 1 is 1.05 bits per heavy atom. The lowest BCUT2D eigenvalue weighted by Crippen LogP contribution is -2.12. The van der Waals surface area contributed by atoms with Crippen molar-refractivity contribution in [3.8, 4) is 11.3 Å². The Bertz CT molecular complexity index is 747. The maximum atomic E-state index is 12.1. The summed E-state index contributed by atoms with van der Waals surface area (Å²) in [5.41, 5.74) is 8.62. The summed E-state index contributed by atoms with van der Waals surface area (Å²) < 4.78 is 0. The van der Waals surface area contributed by atoms with E-state index in [2.05, 4.69) is 15.5 Å². The molecule has 1 aromatic heterocycles. The fraction of sp³-hybridized carbons (Fsp3) is 0. The van der Waals surface area contributed by atoms with Crippen LogP contribution in [0.4, 0.5) is 11.5 Å². The highest BCUT2D eigenvalue weighted by Crippen LogP contribution is 2.19. The molecule has 1 amide bonds. The van der Waals surface area contributed by atoms with Gasteiger partial charge >= 0.3 is 0 Å². The number of nitrogens with zero attached hydrogens (tertiary/aromatic N) is 1. The van der Waals surface area contributed by atoms with Gasteiger partial charge in [0, 0.05) is 17.3 Å². The van der Waals surface area contributed by atoms with Crippen molar-refractivity contribution in [1.29, 1.82) is 0 Å². The second-order valence-corrected chi connectivity index (χ2v) is 4.61. The van der Waals surface area contributed by atoms with E-state index in [0.29, 0.717) is 17.1 Å². The minimum absolute atomic E-state index is 0.221. The van der Waals surface area contributed by atoms with Gasteiger partial charge in [0.15, 0.2) is 5.82 Å². The lowest BCUT2D eigenvalue weighted by atomic mass is 10.1. The maximum Gasteiger partial charge on any atom is 0.256 e. The standard InChI is InChI=1S/C16H14N4O/c17-13-8-6-12(7-9-13)16(21)18-15-10-14(19-20-15)11-4-2-1-3-5-11/h1-10H,17H2,(H2,18,19,20,21). The molecule has 0 fully saturated rings. The molecular formula is C16H14N4O. The van der Waals surface area contributed by atoms with Gasteiger partial charge < -0.3 is 11.1 Å². The minimum atomic E-state index is -0.221. The van der Waals surface area contributed by atoms with Gasteiger partial charge in [-0.3, -0.25) is 9.89 Å². The zero-order valence-electron chi connectivity index (χ0n) is 11.2. The fourth-order valence-corrected chi connectivity index (χ4v) is 1.97. The Morgan fingerprint density at radius 2 is 1.76 bits per heavy atom. The number of rotatable bonds is 3. The van der Waals surface area contributed by atoms with E-state index in [1.165, 1.54) is 0 Å². The molecule has 0 saturated carbocycles. The SMILES string of the molecule is Nc1ccc(C(=O)Nc2cc(-c3ccccc3)[nH]n2)cc1. The van der Waals surface area contributed by atoms with Gasteiger partial charge in [-0.1, -0.05) is 30.3 Å². The summed E-state index contributed by atoms with van der Waals surface area (Å²) in [5.74, 6) is 0.261. The van der Waals surface area contributed by atoms with Gasteiger partial charge in [-0.2, -0.15) is 5.10 Å². The van der Waals surface area contributed by atoms with Crippen molar-refractivity contribution >= 4 is 17.4 Å². The average Bonchev–Trinajstić information content (AvgIpc) is 2.97. The summed E-state index contributed by atoms with van der Waals surface area (Å²) in [7, 11) is 0. The van der Waals surface area contributed by atoms with E-state index in [9.17, 15) is 4.79 Å². The lowest BCUT2D eigenvalue weighted by molar-refractivity contribution is 0.102. The van der Waals surface area contributed by atoms with E-state index >= 15 is 0 Å². The Kier molecular flexibility index (Phi) is 3.39. The monoisotopic (exact) mass is 278 g/mol. The van der Waals surface area contributed by atoms with Gasteiger partial charge in [-0.15, -0.1) is 0 Å². The number of anilines is 2. The topological polar surface area (TPSA) is 83.8 Å². The number of aromatic nitrogens is 2. The van der Waals surface area contributed by atoms with Crippen LogP contribution in [-0.4, -0.2) is 16.1 Å². The summed E-state index contributed by atoms with van der Waals surface area (Å²) in [6.07, 6.45) is 0. The summed E-state index contributed by atoms with van der Waals surface area (Å²) in [6, 6.07) is 18.3. The predicted octanol–water partition coefficient (Wildman–Crippen LogP) is 2.91. The molecule has 0 unspecified atom stereocenters. The third-order valence-corrected chi connectivity index (χ3v) is 3.08. The maximum absolute atomic E-state index is 12.1. The molecule has 0 atom stereocenters. The molecule has 5 heteroatoms. The van der Waals surface area contributed by atoms with Crippen LogP contribution in [0.1, 0.15) is 10.4 Å². The number of hydrogen-bond donors (Lipinski definition) is 3. The molecule has 0 saturated heterocycles. The van der Waals surface area contributed by atoms with Gasteiger partial charge in [0.1, 0.15) is 0 Å². The van der Waals surface area contributed by atoms with Gasteiger partial charge in [-0.25, -0.2) is 0 Å². The highest BCUT2D eigenvalue weighted by atomic mass is 16.1. The number of carbonyl (C=O) groups is 1. The molecule has 3 aromatic rings. The van der Waals surface area contributed by atoms with E-state index in [-0.39, 0.29) is 5.91 Å². The first kappa shape index (κ1) is 12.9. The van der Waals surface area contributed by atoms with Crippen molar-refractivity contribution in [2.75, 3.05) is 11.1 Å². The second kappa shape index (κ2) is 5.50. The van der Waals surface area contributed by atoms with Crippen molar-refractivity contribution in [1.82, 2.24) is 10.2 Å². The van der Waals surface area contributed by atoms with Crippen LogP contribution < -0.4 is 11.1 Å². The number of H-pyrrole nitrogens is 1. The number of amides is 1. The molecule has 0 aliphatic heterocycles. The molecular weight excluding hydrogens is 264 g/mol. The summed E-state index contributed by atoms with van der Waals surface area (Å²) in [6.45, 7) is 0. The third kappa shape index (κ3) is 2.92. The molecule has 5 nitrogen and oxygen atoms in total. The normalized spacial score (nSPS) is 10.3. The molecule has 3 rings (SSSR count). The molecule has 0 aliphatic rings. The van der Waals surface area contributed by atoms with E-state index < -0.39 is 0 Å². The van der Waals surface area contributed by atoms with Crippen LogP contribution in [0.3, 0.4) is 0 Å². The van der Waals surface area contributed by atoms with Crippen LogP contribution in [-0.2, 0) is 0 Å². The number of carbonyl (C=O) groups excluding carboxylic acids is 1. The van der Waals surface area contributed by atoms with Gasteiger partial charge in [-0.05, 0) is 29.8 Å². The molecule has 2 aromatic carbocycles. The average molecular weight is 278 g/mol. The van der Waals surface area contributed by atoms with E-state index in [1.54, 1.807) is 30.3 Å². The highest BCUT2D eigenvalue weighted by molar-refractivity contribution is 6.04. The number of hydrogen-bond acceptors (Lipinski definition) is 3. The van der Waals surface area contributed by atoms with Crippen LogP contribution in [0.25, 0.3) is 11.3 Å².